The molecule has 0 unspecified atom stereocenters. The van der Waals surface area contributed by atoms with Crippen LogP contribution in [0.4, 0.5) is 0 Å². The zero-order valence-electron chi connectivity index (χ0n) is 20.7. The van der Waals surface area contributed by atoms with Crippen LogP contribution in [0, 0.1) is 52.3 Å². The van der Waals surface area contributed by atoms with Gasteiger partial charge in [0, 0.05) is 6.42 Å². The summed E-state index contributed by atoms with van der Waals surface area (Å²) in [5, 5.41) is 22.0. The van der Waals surface area contributed by atoms with Crippen LogP contribution in [0.15, 0.2) is 11.6 Å². The van der Waals surface area contributed by atoms with Gasteiger partial charge >= 0.3 is 0 Å². The van der Waals surface area contributed by atoms with Gasteiger partial charge in [0.2, 0.25) is 0 Å². The Bertz CT molecular complexity index is 726. The van der Waals surface area contributed by atoms with Gasteiger partial charge in [-0.1, -0.05) is 47.1 Å². The van der Waals surface area contributed by atoms with E-state index in [0.29, 0.717) is 23.5 Å². The summed E-state index contributed by atoms with van der Waals surface area (Å²) in [6, 6.07) is 0. The molecule has 176 valence electrons. The van der Waals surface area contributed by atoms with Crippen LogP contribution >= 0.6 is 0 Å². The molecule has 0 aliphatic heterocycles. The second-order valence-corrected chi connectivity index (χ2v) is 12.6. The van der Waals surface area contributed by atoms with Crippen LogP contribution in [0.1, 0.15) is 92.9 Å². The fraction of sp³-hybridized carbons (Fsp3) is 0.893. The van der Waals surface area contributed by atoms with Crippen LogP contribution in [0.2, 0.25) is 0 Å². The lowest BCUT2D eigenvalue weighted by molar-refractivity contribution is -0.118. The molecule has 0 heterocycles. The van der Waals surface area contributed by atoms with Crippen molar-refractivity contribution in [3.05, 3.63) is 11.6 Å². The average Bonchev–Trinajstić information content (AvgIpc) is 3.09. The Labute approximate surface area is 190 Å². The zero-order valence-corrected chi connectivity index (χ0v) is 20.7. The van der Waals surface area contributed by atoms with Crippen molar-refractivity contribution in [2.24, 2.45) is 52.3 Å². The maximum absolute atomic E-state index is 12.1. The highest BCUT2D eigenvalue weighted by atomic mass is 16.3. The molecule has 3 heteroatoms. The molecule has 10 atom stereocenters. The standard InChI is InChI=1S/C28H46O3/c1-16(2)17(3)25(30)26(31)18(4)22-9-10-23-21-8-7-19-15-20(29)11-13-27(19,5)24(21)12-14-28(22,23)6/h15-18,21-26,30-31H,7-14H2,1-6H3/t17-,18-,21-,22+,23-,24-,25+,26+,27-,28+/m0/s1. The highest BCUT2D eigenvalue weighted by Gasteiger charge is 2.60. The number of carbonyl (C=O) groups is 1. The quantitative estimate of drug-likeness (QED) is 0.581. The summed E-state index contributed by atoms with van der Waals surface area (Å²) in [7, 11) is 0. The Hall–Kier alpha value is -0.670. The minimum Gasteiger partial charge on any atom is -0.390 e. The number of aliphatic hydroxyl groups is 2. The number of aliphatic hydroxyl groups excluding tert-OH is 2. The molecule has 4 aliphatic rings. The lowest BCUT2D eigenvalue weighted by Gasteiger charge is -2.58. The molecule has 3 fully saturated rings. The number of rotatable bonds is 5. The van der Waals surface area contributed by atoms with Gasteiger partial charge < -0.3 is 10.2 Å². The molecule has 3 saturated carbocycles. The maximum atomic E-state index is 12.1. The maximum Gasteiger partial charge on any atom is 0.155 e. The van der Waals surface area contributed by atoms with Crippen LogP contribution < -0.4 is 0 Å². The average molecular weight is 431 g/mol. The van der Waals surface area contributed by atoms with Crippen molar-refractivity contribution < 1.29 is 15.0 Å². The molecule has 0 bridgehead atoms. The first-order valence-electron chi connectivity index (χ1n) is 13.1. The molecule has 0 amide bonds. The van der Waals surface area contributed by atoms with Crippen molar-refractivity contribution in [1.29, 1.82) is 0 Å². The molecule has 4 aliphatic carbocycles. The predicted octanol–water partition coefficient (Wildman–Crippen LogP) is 5.78. The van der Waals surface area contributed by atoms with Gasteiger partial charge in [-0.15, -0.1) is 0 Å². The molecular formula is C28H46O3. The van der Waals surface area contributed by atoms with Gasteiger partial charge in [0.25, 0.3) is 0 Å². The number of allylic oxidation sites excluding steroid dienone is 1. The van der Waals surface area contributed by atoms with Crippen molar-refractivity contribution in [3.63, 3.8) is 0 Å². The van der Waals surface area contributed by atoms with E-state index in [4.69, 9.17) is 0 Å². The van der Waals surface area contributed by atoms with Crippen molar-refractivity contribution in [1.82, 2.24) is 0 Å². The van der Waals surface area contributed by atoms with Crippen LogP contribution in [0.25, 0.3) is 0 Å². The minimum atomic E-state index is -0.643. The predicted molar refractivity (Wildman–Crippen MR) is 125 cm³/mol. The summed E-state index contributed by atoms with van der Waals surface area (Å²) in [4.78, 5) is 12.1. The summed E-state index contributed by atoms with van der Waals surface area (Å²) in [5.41, 5.74) is 1.94. The Kier molecular flexibility index (Phi) is 6.27. The number of hydrogen-bond acceptors (Lipinski definition) is 3. The third kappa shape index (κ3) is 3.66. The van der Waals surface area contributed by atoms with E-state index in [2.05, 4.69) is 41.5 Å². The second-order valence-electron chi connectivity index (χ2n) is 12.6. The van der Waals surface area contributed by atoms with Gasteiger partial charge in [-0.3, -0.25) is 4.79 Å². The number of fused-ring (bicyclic) bond motifs is 5. The van der Waals surface area contributed by atoms with Crippen molar-refractivity contribution in [2.75, 3.05) is 0 Å². The van der Waals surface area contributed by atoms with Crippen molar-refractivity contribution in [2.45, 2.75) is 105 Å². The van der Waals surface area contributed by atoms with Gasteiger partial charge in [-0.2, -0.15) is 0 Å². The van der Waals surface area contributed by atoms with Crippen molar-refractivity contribution >= 4 is 5.78 Å². The van der Waals surface area contributed by atoms with E-state index in [9.17, 15) is 15.0 Å². The summed E-state index contributed by atoms with van der Waals surface area (Å²) < 4.78 is 0. The van der Waals surface area contributed by atoms with Crippen LogP contribution in [0.3, 0.4) is 0 Å². The lowest BCUT2D eigenvalue weighted by Crippen LogP contribution is -2.52. The summed E-state index contributed by atoms with van der Waals surface area (Å²) in [5.74, 6) is 3.62. The highest BCUT2D eigenvalue weighted by molar-refractivity contribution is 5.91. The summed E-state index contributed by atoms with van der Waals surface area (Å²) in [6.45, 7) is 13.5. The smallest absolute Gasteiger partial charge is 0.155 e. The zero-order chi connectivity index (χ0) is 22.7. The molecule has 0 aromatic rings. The van der Waals surface area contributed by atoms with E-state index in [1.807, 2.05) is 6.08 Å². The van der Waals surface area contributed by atoms with E-state index >= 15 is 0 Å². The van der Waals surface area contributed by atoms with Crippen LogP contribution in [-0.2, 0) is 4.79 Å². The number of carbonyl (C=O) groups excluding carboxylic acids is 1. The third-order valence-corrected chi connectivity index (χ3v) is 11.1. The van der Waals surface area contributed by atoms with E-state index in [0.717, 1.165) is 31.1 Å². The molecule has 4 rings (SSSR count). The molecule has 31 heavy (non-hydrogen) atoms. The molecule has 3 nitrogen and oxygen atoms in total. The molecule has 0 radical (unpaired) electrons. The van der Waals surface area contributed by atoms with E-state index in [1.165, 1.54) is 37.7 Å². The molecule has 0 spiro atoms. The molecule has 0 aromatic carbocycles. The SMILES string of the molecule is CC(C)[C@H](C)[C@@H](O)[C@H](O)[C@@H](C)[C@H]1CC[C@H]2[C@@H]3CCC4=CC(=O)CC[C@]4(C)[C@H]3CC[C@]12C. The van der Waals surface area contributed by atoms with Gasteiger partial charge in [0.1, 0.15) is 0 Å². The first-order valence-corrected chi connectivity index (χ1v) is 13.1. The molecule has 0 saturated heterocycles. The first kappa shape index (κ1) is 23.5. The Morgan fingerprint density at radius 1 is 0.903 bits per heavy atom. The number of ketones is 1. The normalized spacial score (nSPS) is 44.0. The lowest BCUT2D eigenvalue weighted by atomic mass is 9.46. The van der Waals surface area contributed by atoms with Gasteiger partial charge in [0.05, 0.1) is 12.2 Å². The fourth-order valence-electron chi connectivity index (χ4n) is 8.72. The van der Waals surface area contributed by atoms with E-state index < -0.39 is 12.2 Å². The third-order valence-electron chi connectivity index (χ3n) is 11.1. The first-order chi connectivity index (χ1) is 14.5. The van der Waals surface area contributed by atoms with E-state index in [1.54, 1.807) is 0 Å². The molecule has 2 N–H and O–H groups in total. The second kappa shape index (κ2) is 8.28. The topological polar surface area (TPSA) is 57.5 Å². The highest BCUT2D eigenvalue weighted by Crippen LogP contribution is 2.67. The largest absolute Gasteiger partial charge is 0.390 e. The minimum absolute atomic E-state index is 0.107. The molecular weight excluding hydrogens is 384 g/mol. The Balaban J connectivity index is 1.53. The van der Waals surface area contributed by atoms with Gasteiger partial charge in [-0.25, -0.2) is 0 Å². The Morgan fingerprint density at radius 2 is 1.61 bits per heavy atom. The molecule has 0 aromatic heterocycles. The monoisotopic (exact) mass is 430 g/mol. The van der Waals surface area contributed by atoms with Gasteiger partial charge in [0.15, 0.2) is 5.78 Å². The Morgan fingerprint density at radius 3 is 2.29 bits per heavy atom. The summed E-state index contributed by atoms with van der Waals surface area (Å²) >= 11 is 0. The van der Waals surface area contributed by atoms with E-state index in [-0.39, 0.29) is 22.7 Å². The fourth-order valence-corrected chi connectivity index (χ4v) is 8.72. The summed E-state index contributed by atoms with van der Waals surface area (Å²) in [6.07, 6.45) is 9.75. The van der Waals surface area contributed by atoms with Gasteiger partial charge in [-0.05, 0) is 103 Å². The van der Waals surface area contributed by atoms with Crippen LogP contribution in [0.5, 0.6) is 0 Å². The van der Waals surface area contributed by atoms with Crippen molar-refractivity contribution in [3.8, 4) is 0 Å². The number of hydrogen-bond donors (Lipinski definition) is 2. The van der Waals surface area contributed by atoms with Crippen LogP contribution in [-0.4, -0.2) is 28.2 Å².